The molecule has 4 rings (SSSR count). The van der Waals surface area contributed by atoms with Crippen LogP contribution in [-0.4, -0.2) is 34.1 Å². The number of rotatable bonds is 7. The highest BCUT2D eigenvalue weighted by Gasteiger charge is 2.34. The normalized spacial score (nSPS) is 16.3. The molecule has 1 aliphatic rings. The molecule has 30 heavy (non-hydrogen) atoms. The minimum Gasteiger partial charge on any atom is -0.494 e. The molecule has 1 unspecified atom stereocenters. The van der Waals surface area contributed by atoms with E-state index in [1.54, 1.807) is 4.90 Å². The number of halogens is 2. The van der Waals surface area contributed by atoms with Crippen LogP contribution in [0.3, 0.4) is 0 Å². The van der Waals surface area contributed by atoms with Gasteiger partial charge < -0.3 is 14.2 Å². The monoisotopic (exact) mass is 429 g/mol. The number of hydrogen-bond acceptors (Lipinski definition) is 5. The van der Waals surface area contributed by atoms with Gasteiger partial charge in [-0.25, -0.2) is 4.39 Å². The fourth-order valence-corrected chi connectivity index (χ4v) is 3.56. The van der Waals surface area contributed by atoms with E-state index in [2.05, 4.69) is 17.1 Å². The molecule has 0 saturated carbocycles. The first kappa shape index (κ1) is 20.3. The molecule has 2 aromatic carbocycles. The number of ether oxygens (including phenoxy) is 1. The highest BCUT2D eigenvalue weighted by atomic mass is 35.5. The van der Waals surface area contributed by atoms with E-state index < -0.39 is 5.82 Å². The maximum atomic E-state index is 13.4. The lowest BCUT2D eigenvalue weighted by Gasteiger charge is -2.16. The molecule has 6 nitrogen and oxygen atoms in total. The van der Waals surface area contributed by atoms with E-state index >= 15 is 0 Å². The highest BCUT2D eigenvalue weighted by Crippen LogP contribution is 2.30. The summed E-state index contributed by atoms with van der Waals surface area (Å²) in [5.74, 6) is 0.888. The quantitative estimate of drug-likeness (QED) is 0.537. The lowest BCUT2D eigenvalue weighted by molar-refractivity contribution is -0.128. The third-order valence-electron chi connectivity index (χ3n) is 4.95. The standard InChI is InChI=1S/C22H21ClFN3O3/c1-2-9-29-17-6-3-14(4-7-17)12-27-13-16(11-20(27)28)22-25-21(26-30-22)15-5-8-19(24)18(23)10-15/h3-8,10,16H,2,9,11-13H2,1H3. The minimum absolute atomic E-state index is 0.00724. The zero-order valence-electron chi connectivity index (χ0n) is 16.5. The van der Waals surface area contributed by atoms with E-state index in [-0.39, 0.29) is 16.8 Å². The van der Waals surface area contributed by atoms with Crippen molar-refractivity contribution in [2.75, 3.05) is 13.2 Å². The van der Waals surface area contributed by atoms with Crippen molar-refractivity contribution in [3.05, 3.63) is 64.8 Å². The summed E-state index contributed by atoms with van der Waals surface area (Å²) >= 11 is 5.83. The van der Waals surface area contributed by atoms with Gasteiger partial charge in [0.25, 0.3) is 0 Å². The maximum absolute atomic E-state index is 13.4. The zero-order valence-corrected chi connectivity index (χ0v) is 17.2. The Balaban J connectivity index is 1.41. The fourth-order valence-electron chi connectivity index (χ4n) is 3.38. The Hall–Kier alpha value is -2.93. The minimum atomic E-state index is -0.508. The molecular formula is C22H21ClFN3O3. The predicted octanol–water partition coefficient (Wildman–Crippen LogP) is 4.83. The number of aromatic nitrogens is 2. The van der Waals surface area contributed by atoms with Crippen LogP contribution in [0.4, 0.5) is 4.39 Å². The number of carbonyl (C=O) groups is 1. The van der Waals surface area contributed by atoms with E-state index in [0.717, 1.165) is 17.7 Å². The molecule has 1 atom stereocenters. The summed E-state index contributed by atoms with van der Waals surface area (Å²) in [6.45, 7) is 3.75. The lowest BCUT2D eigenvalue weighted by Crippen LogP contribution is -2.24. The largest absolute Gasteiger partial charge is 0.494 e. The van der Waals surface area contributed by atoms with Gasteiger partial charge in [0.05, 0.1) is 17.5 Å². The highest BCUT2D eigenvalue weighted by molar-refractivity contribution is 6.31. The average Bonchev–Trinajstić information content (AvgIpc) is 3.37. The van der Waals surface area contributed by atoms with Gasteiger partial charge in [-0.2, -0.15) is 4.98 Å². The van der Waals surface area contributed by atoms with Crippen LogP contribution in [-0.2, 0) is 11.3 Å². The van der Waals surface area contributed by atoms with Gasteiger partial charge in [-0.1, -0.05) is 35.8 Å². The molecule has 0 radical (unpaired) electrons. The molecule has 8 heteroatoms. The second-order valence-corrected chi connectivity index (χ2v) is 7.66. The Kier molecular flexibility index (Phi) is 5.99. The van der Waals surface area contributed by atoms with Gasteiger partial charge in [0, 0.05) is 25.1 Å². The number of nitrogens with zero attached hydrogens (tertiary/aromatic N) is 3. The molecule has 156 valence electrons. The maximum Gasteiger partial charge on any atom is 0.232 e. The SMILES string of the molecule is CCCOc1ccc(CN2CC(c3nc(-c4ccc(F)c(Cl)c4)no3)CC2=O)cc1. The molecule has 0 spiro atoms. The molecule has 2 heterocycles. The topological polar surface area (TPSA) is 68.5 Å². The Morgan fingerprint density at radius 3 is 2.80 bits per heavy atom. The number of benzene rings is 2. The van der Waals surface area contributed by atoms with E-state index in [9.17, 15) is 9.18 Å². The van der Waals surface area contributed by atoms with E-state index in [4.69, 9.17) is 20.9 Å². The summed E-state index contributed by atoms with van der Waals surface area (Å²) in [6.07, 6.45) is 1.26. The Morgan fingerprint density at radius 2 is 2.07 bits per heavy atom. The molecule has 1 fully saturated rings. The van der Waals surface area contributed by atoms with E-state index in [1.165, 1.54) is 18.2 Å². The van der Waals surface area contributed by atoms with Gasteiger partial charge in [0.1, 0.15) is 11.6 Å². The third-order valence-corrected chi connectivity index (χ3v) is 5.24. The molecule has 0 aliphatic carbocycles. The number of hydrogen-bond donors (Lipinski definition) is 0. The smallest absolute Gasteiger partial charge is 0.232 e. The predicted molar refractivity (Wildman–Crippen MR) is 110 cm³/mol. The van der Waals surface area contributed by atoms with Gasteiger partial charge in [-0.05, 0) is 42.3 Å². The first-order valence-corrected chi connectivity index (χ1v) is 10.2. The van der Waals surface area contributed by atoms with Gasteiger partial charge in [0.2, 0.25) is 17.6 Å². The summed E-state index contributed by atoms with van der Waals surface area (Å²) in [6, 6.07) is 12.0. The summed E-state index contributed by atoms with van der Waals surface area (Å²) in [5.41, 5.74) is 1.59. The third kappa shape index (κ3) is 4.46. The van der Waals surface area contributed by atoms with E-state index in [1.807, 2.05) is 24.3 Å². The van der Waals surface area contributed by atoms with Crippen molar-refractivity contribution >= 4 is 17.5 Å². The average molecular weight is 430 g/mol. The molecule has 3 aromatic rings. The van der Waals surface area contributed by atoms with Crippen LogP contribution in [0.1, 0.15) is 37.1 Å². The van der Waals surface area contributed by atoms with Crippen LogP contribution in [0.15, 0.2) is 47.0 Å². The van der Waals surface area contributed by atoms with Crippen molar-refractivity contribution in [1.29, 1.82) is 0 Å². The molecule has 1 amide bonds. The van der Waals surface area contributed by atoms with Crippen molar-refractivity contribution in [1.82, 2.24) is 15.0 Å². The first-order valence-electron chi connectivity index (χ1n) is 9.82. The molecule has 1 aromatic heterocycles. The Morgan fingerprint density at radius 1 is 1.27 bits per heavy atom. The van der Waals surface area contributed by atoms with Crippen LogP contribution < -0.4 is 4.74 Å². The molecule has 0 N–H and O–H groups in total. The van der Waals surface area contributed by atoms with Crippen molar-refractivity contribution in [2.45, 2.75) is 32.2 Å². The number of carbonyl (C=O) groups excluding carboxylic acids is 1. The zero-order chi connectivity index (χ0) is 21.1. The van der Waals surface area contributed by atoms with E-state index in [0.29, 0.717) is 43.4 Å². The van der Waals surface area contributed by atoms with Crippen LogP contribution >= 0.6 is 11.6 Å². The van der Waals surface area contributed by atoms with Crippen molar-refractivity contribution in [3.63, 3.8) is 0 Å². The van der Waals surface area contributed by atoms with Crippen LogP contribution in [0.25, 0.3) is 11.4 Å². The number of likely N-dealkylation sites (tertiary alicyclic amines) is 1. The fraction of sp³-hybridized carbons (Fsp3) is 0.318. The Bertz CT molecular complexity index is 1040. The van der Waals surface area contributed by atoms with Crippen LogP contribution in [0.2, 0.25) is 5.02 Å². The Labute approximate surface area is 178 Å². The molecule has 0 bridgehead atoms. The summed E-state index contributed by atoms with van der Waals surface area (Å²) < 4.78 is 24.3. The van der Waals surface area contributed by atoms with Crippen LogP contribution in [0, 0.1) is 5.82 Å². The van der Waals surface area contributed by atoms with Crippen molar-refractivity contribution in [2.24, 2.45) is 0 Å². The molecule has 1 aliphatic heterocycles. The lowest BCUT2D eigenvalue weighted by atomic mass is 10.1. The van der Waals surface area contributed by atoms with Gasteiger partial charge in [-0.3, -0.25) is 4.79 Å². The summed E-state index contributed by atoms with van der Waals surface area (Å²) in [7, 11) is 0. The van der Waals surface area contributed by atoms with Crippen molar-refractivity contribution in [3.8, 4) is 17.1 Å². The second-order valence-electron chi connectivity index (χ2n) is 7.25. The first-order chi connectivity index (χ1) is 14.5. The summed E-state index contributed by atoms with van der Waals surface area (Å²) in [5, 5.41) is 3.95. The second kappa shape index (κ2) is 8.83. The van der Waals surface area contributed by atoms with Gasteiger partial charge in [-0.15, -0.1) is 0 Å². The van der Waals surface area contributed by atoms with Gasteiger partial charge in [0.15, 0.2) is 0 Å². The van der Waals surface area contributed by atoms with Crippen molar-refractivity contribution < 1.29 is 18.4 Å². The van der Waals surface area contributed by atoms with Gasteiger partial charge >= 0.3 is 0 Å². The number of amides is 1. The molecule has 1 saturated heterocycles. The van der Waals surface area contributed by atoms with Crippen LogP contribution in [0.5, 0.6) is 5.75 Å². The molecular weight excluding hydrogens is 409 g/mol. The summed E-state index contributed by atoms with van der Waals surface area (Å²) in [4.78, 5) is 18.7.